The van der Waals surface area contributed by atoms with Crippen molar-refractivity contribution in [3.63, 3.8) is 0 Å². The van der Waals surface area contributed by atoms with E-state index < -0.39 is 0 Å². The number of nitrogens with zero attached hydrogens (tertiary/aromatic N) is 2. The maximum Gasteiger partial charge on any atom is 0.222 e. The molecule has 122 valence electrons. The Morgan fingerprint density at radius 1 is 1.36 bits per heavy atom. The van der Waals surface area contributed by atoms with Crippen molar-refractivity contribution in [2.45, 2.75) is 31.7 Å². The van der Waals surface area contributed by atoms with Crippen LogP contribution in [-0.4, -0.2) is 50.6 Å². The minimum Gasteiger partial charge on any atom is -0.494 e. The number of ether oxygens (including phenoxy) is 1. The molecular formula is C17H27N3O2. The number of hydrogen-bond acceptors (Lipinski definition) is 4. The van der Waals surface area contributed by atoms with E-state index in [1.165, 1.54) is 0 Å². The van der Waals surface area contributed by atoms with Crippen molar-refractivity contribution in [2.75, 3.05) is 38.7 Å². The lowest BCUT2D eigenvalue weighted by atomic mass is 10.1. The molecule has 0 radical (unpaired) electrons. The zero-order valence-electron chi connectivity index (χ0n) is 13.6. The number of carbonyl (C=O) groups is 1. The Labute approximate surface area is 133 Å². The van der Waals surface area contributed by atoms with Gasteiger partial charge in [-0.25, -0.2) is 0 Å². The average molecular weight is 305 g/mol. The summed E-state index contributed by atoms with van der Waals surface area (Å²) >= 11 is 0. The molecule has 5 heteroatoms. The summed E-state index contributed by atoms with van der Waals surface area (Å²) in [5.41, 5.74) is 6.96. The molecule has 22 heavy (non-hydrogen) atoms. The quantitative estimate of drug-likeness (QED) is 0.815. The van der Waals surface area contributed by atoms with E-state index >= 15 is 0 Å². The molecule has 1 aromatic rings. The maximum atomic E-state index is 12.1. The minimum absolute atomic E-state index is 0.220. The lowest BCUT2D eigenvalue weighted by Crippen LogP contribution is -2.42. The number of anilines is 1. The van der Waals surface area contributed by atoms with Gasteiger partial charge in [-0.2, -0.15) is 0 Å². The van der Waals surface area contributed by atoms with Gasteiger partial charge in [-0.1, -0.05) is 6.07 Å². The number of hydrogen-bond donors (Lipinski definition) is 1. The molecule has 1 aromatic carbocycles. The molecule has 0 atom stereocenters. The number of nitrogens with two attached hydrogens (primary N) is 1. The predicted octanol–water partition coefficient (Wildman–Crippen LogP) is 1.86. The van der Waals surface area contributed by atoms with E-state index in [0.717, 1.165) is 43.8 Å². The summed E-state index contributed by atoms with van der Waals surface area (Å²) in [6.07, 6.45) is 3.12. The van der Waals surface area contributed by atoms with Crippen molar-refractivity contribution in [3.05, 3.63) is 24.3 Å². The molecular weight excluding hydrogens is 278 g/mol. The molecule has 1 aliphatic heterocycles. The van der Waals surface area contributed by atoms with Gasteiger partial charge in [-0.15, -0.1) is 0 Å². The molecule has 2 N–H and O–H groups in total. The van der Waals surface area contributed by atoms with Crippen molar-refractivity contribution < 1.29 is 9.53 Å². The number of amides is 1. The van der Waals surface area contributed by atoms with Gasteiger partial charge in [-0.3, -0.25) is 4.79 Å². The molecule has 1 fully saturated rings. The first-order valence-electron chi connectivity index (χ1n) is 8.00. The van der Waals surface area contributed by atoms with Gasteiger partial charge in [0.1, 0.15) is 5.75 Å². The standard InChI is InChI=1S/C17H27N3O2/c1-19(2)15-5-3-6-16(13-15)22-12-4-7-17(21)20-10-8-14(18)9-11-20/h3,5-6,13-14H,4,7-12,18H2,1-2H3. The fourth-order valence-corrected chi connectivity index (χ4v) is 2.57. The molecule has 1 saturated heterocycles. The summed E-state index contributed by atoms with van der Waals surface area (Å²) < 4.78 is 5.73. The van der Waals surface area contributed by atoms with Crippen molar-refractivity contribution >= 4 is 11.6 Å². The van der Waals surface area contributed by atoms with Crippen LogP contribution in [0, 0.1) is 0 Å². The molecule has 2 rings (SSSR count). The molecule has 0 bridgehead atoms. The van der Waals surface area contributed by atoms with Crippen molar-refractivity contribution in [3.8, 4) is 5.75 Å². The van der Waals surface area contributed by atoms with E-state index in [9.17, 15) is 4.79 Å². The van der Waals surface area contributed by atoms with Crippen molar-refractivity contribution in [2.24, 2.45) is 5.73 Å². The first-order chi connectivity index (χ1) is 10.6. The normalized spacial score (nSPS) is 15.7. The van der Waals surface area contributed by atoms with Crippen LogP contribution in [0.25, 0.3) is 0 Å². The van der Waals surface area contributed by atoms with Crippen LogP contribution in [0.15, 0.2) is 24.3 Å². The Hall–Kier alpha value is -1.75. The summed E-state index contributed by atoms with van der Waals surface area (Å²) in [6, 6.07) is 8.23. The third-order valence-corrected chi connectivity index (χ3v) is 4.03. The Balaban J connectivity index is 1.68. The van der Waals surface area contributed by atoms with Gasteiger partial charge in [-0.05, 0) is 31.4 Å². The van der Waals surface area contributed by atoms with Gasteiger partial charge in [0.2, 0.25) is 5.91 Å². The molecule has 1 amide bonds. The smallest absolute Gasteiger partial charge is 0.222 e. The fourth-order valence-electron chi connectivity index (χ4n) is 2.57. The highest BCUT2D eigenvalue weighted by Gasteiger charge is 2.19. The Morgan fingerprint density at radius 3 is 2.77 bits per heavy atom. The molecule has 0 aliphatic carbocycles. The molecule has 5 nitrogen and oxygen atoms in total. The summed E-state index contributed by atoms with van der Waals surface area (Å²) in [5, 5.41) is 0. The second-order valence-electron chi connectivity index (χ2n) is 6.06. The largest absolute Gasteiger partial charge is 0.494 e. The second kappa shape index (κ2) is 8.03. The van der Waals surface area contributed by atoms with Crippen LogP contribution in [0.4, 0.5) is 5.69 Å². The van der Waals surface area contributed by atoms with Crippen LogP contribution in [-0.2, 0) is 4.79 Å². The number of benzene rings is 1. The van der Waals surface area contributed by atoms with Crippen LogP contribution in [0.3, 0.4) is 0 Å². The molecule has 0 unspecified atom stereocenters. The highest BCUT2D eigenvalue weighted by molar-refractivity contribution is 5.76. The third-order valence-electron chi connectivity index (χ3n) is 4.03. The van der Waals surface area contributed by atoms with Crippen LogP contribution in [0.2, 0.25) is 0 Å². The van der Waals surface area contributed by atoms with E-state index in [1.54, 1.807) is 0 Å². The predicted molar refractivity (Wildman–Crippen MR) is 89.3 cm³/mol. The van der Waals surface area contributed by atoms with E-state index in [1.807, 2.05) is 48.2 Å². The highest BCUT2D eigenvalue weighted by atomic mass is 16.5. The van der Waals surface area contributed by atoms with Crippen molar-refractivity contribution in [1.29, 1.82) is 0 Å². The zero-order valence-corrected chi connectivity index (χ0v) is 13.6. The Morgan fingerprint density at radius 2 is 2.09 bits per heavy atom. The first-order valence-corrected chi connectivity index (χ1v) is 8.00. The summed E-state index contributed by atoms with van der Waals surface area (Å²) in [7, 11) is 4.00. The summed E-state index contributed by atoms with van der Waals surface area (Å²) in [6.45, 7) is 2.16. The monoisotopic (exact) mass is 305 g/mol. The van der Waals surface area contributed by atoms with Gasteiger partial charge < -0.3 is 20.3 Å². The number of likely N-dealkylation sites (tertiary alicyclic amines) is 1. The minimum atomic E-state index is 0.220. The highest BCUT2D eigenvalue weighted by Crippen LogP contribution is 2.19. The average Bonchev–Trinajstić information content (AvgIpc) is 2.52. The lowest BCUT2D eigenvalue weighted by Gasteiger charge is -2.30. The molecule has 0 spiro atoms. The summed E-state index contributed by atoms with van der Waals surface area (Å²) in [4.78, 5) is 16.0. The molecule has 1 heterocycles. The Kier molecular flexibility index (Phi) is 6.07. The van der Waals surface area contributed by atoms with Gasteiger partial charge in [0.05, 0.1) is 6.61 Å². The van der Waals surface area contributed by atoms with Gasteiger partial charge >= 0.3 is 0 Å². The van der Waals surface area contributed by atoms with E-state index in [4.69, 9.17) is 10.5 Å². The zero-order chi connectivity index (χ0) is 15.9. The SMILES string of the molecule is CN(C)c1cccc(OCCCC(=O)N2CCC(N)CC2)c1. The fraction of sp³-hybridized carbons (Fsp3) is 0.588. The first kappa shape index (κ1) is 16.6. The number of carbonyl (C=O) groups excluding carboxylic acids is 1. The molecule has 0 aromatic heterocycles. The topological polar surface area (TPSA) is 58.8 Å². The maximum absolute atomic E-state index is 12.1. The van der Waals surface area contributed by atoms with Crippen LogP contribution >= 0.6 is 0 Å². The summed E-state index contributed by atoms with van der Waals surface area (Å²) in [5.74, 6) is 1.07. The van der Waals surface area contributed by atoms with Gasteiger partial charge in [0.25, 0.3) is 0 Å². The molecule has 1 aliphatic rings. The lowest BCUT2D eigenvalue weighted by molar-refractivity contribution is -0.132. The Bertz CT molecular complexity index is 483. The van der Waals surface area contributed by atoms with E-state index in [2.05, 4.69) is 0 Å². The van der Waals surface area contributed by atoms with Crippen LogP contribution < -0.4 is 15.4 Å². The third kappa shape index (κ3) is 4.91. The van der Waals surface area contributed by atoms with E-state index in [0.29, 0.717) is 13.0 Å². The van der Waals surface area contributed by atoms with Crippen LogP contribution in [0.1, 0.15) is 25.7 Å². The van der Waals surface area contributed by atoms with Gasteiger partial charge in [0.15, 0.2) is 0 Å². The van der Waals surface area contributed by atoms with E-state index in [-0.39, 0.29) is 11.9 Å². The molecule has 0 saturated carbocycles. The van der Waals surface area contributed by atoms with Gasteiger partial charge in [0, 0.05) is 51.4 Å². The number of rotatable bonds is 6. The van der Waals surface area contributed by atoms with Crippen LogP contribution in [0.5, 0.6) is 5.75 Å². The second-order valence-corrected chi connectivity index (χ2v) is 6.06. The van der Waals surface area contributed by atoms with Crippen molar-refractivity contribution in [1.82, 2.24) is 4.90 Å². The number of piperidine rings is 1.